The Morgan fingerprint density at radius 2 is 2.24 bits per heavy atom. The quantitative estimate of drug-likeness (QED) is 0.762. The van der Waals surface area contributed by atoms with Crippen molar-refractivity contribution in [3.8, 4) is 0 Å². The lowest BCUT2D eigenvalue weighted by molar-refractivity contribution is -0.125. The SMILES string of the molecule is O=C(NCc1ccco1)[C@H]1CCCN1C(=O)c1cccc2cn[nH]c12. The van der Waals surface area contributed by atoms with Crippen LogP contribution in [0.2, 0.25) is 0 Å². The van der Waals surface area contributed by atoms with E-state index in [0.717, 1.165) is 11.8 Å². The number of nitrogens with zero attached hydrogens (tertiary/aromatic N) is 2. The summed E-state index contributed by atoms with van der Waals surface area (Å²) in [5.74, 6) is 0.385. The van der Waals surface area contributed by atoms with E-state index in [4.69, 9.17) is 4.42 Å². The molecule has 3 aromatic rings. The van der Waals surface area contributed by atoms with Gasteiger partial charge in [-0.3, -0.25) is 14.7 Å². The lowest BCUT2D eigenvalue weighted by atomic mass is 10.1. The van der Waals surface area contributed by atoms with Gasteiger partial charge in [0.1, 0.15) is 11.8 Å². The van der Waals surface area contributed by atoms with Crippen molar-refractivity contribution in [2.45, 2.75) is 25.4 Å². The zero-order valence-corrected chi connectivity index (χ0v) is 13.6. The number of likely N-dealkylation sites (tertiary alicyclic amines) is 1. The number of carbonyl (C=O) groups excluding carboxylic acids is 2. The third kappa shape index (κ3) is 2.88. The first-order valence-electron chi connectivity index (χ1n) is 8.27. The number of furan rings is 1. The molecule has 1 aliphatic rings. The number of benzene rings is 1. The number of carbonyl (C=O) groups is 2. The summed E-state index contributed by atoms with van der Waals surface area (Å²) in [6.07, 6.45) is 4.72. The maximum atomic E-state index is 13.0. The Bertz CT molecular complexity index is 900. The van der Waals surface area contributed by atoms with E-state index in [9.17, 15) is 9.59 Å². The molecule has 128 valence electrons. The van der Waals surface area contributed by atoms with Gasteiger partial charge in [-0.2, -0.15) is 5.10 Å². The molecule has 7 nitrogen and oxygen atoms in total. The van der Waals surface area contributed by atoms with E-state index in [1.165, 1.54) is 0 Å². The normalized spacial score (nSPS) is 17.1. The van der Waals surface area contributed by atoms with Crippen molar-refractivity contribution >= 4 is 22.7 Å². The van der Waals surface area contributed by atoms with Crippen LogP contribution in [-0.2, 0) is 11.3 Å². The lowest BCUT2D eigenvalue weighted by Gasteiger charge is -2.24. The third-order valence-electron chi connectivity index (χ3n) is 4.54. The largest absolute Gasteiger partial charge is 0.467 e. The van der Waals surface area contributed by atoms with E-state index < -0.39 is 6.04 Å². The third-order valence-corrected chi connectivity index (χ3v) is 4.54. The monoisotopic (exact) mass is 338 g/mol. The summed E-state index contributed by atoms with van der Waals surface area (Å²) >= 11 is 0. The van der Waals surface area contributed by atoms with E-state index in [2.05, 4.69) is 15.5 Å². The molecule has 1 saturated heterocycles. The molecular weight excluding hydrogens is 320 g/mol. The summed E-state index contributed by atoms with van der Waals surface area (Å²) in [6, 6.07) is 8.61. The molecule has 0 radical (unpaired) electrons. The molecule has 2 aromatic heterocycles. The maximum absolute atomic E-state index is 13.0. The Hall–Kier alpha value is -3.09. The van der Waals surface area contributed by atoms with E-state index in [1.54, 1.807) is 35.6 Å². The number of rotatable bonds is 4. The van der Waals surface area contributed by atoms with E-state index in [0.29, 0.717) is 36.4 Å². The van der Waals surface area contributed by atoms with Crippen LogP contribution in [0.1, 0.15) is 29.0 Å². The van der Waals surface area contributed by atoms with Gasteiger partial charge in [0.05, 0.1) is 30.1 Å². The van der Waals surface area contributed by atoms with Crippen LogP contribution in [0, 0.1) is 0 Å². The van der Waals surface area contributed by atoms with Gasteiger partial charge in [0.2, 0.25) is 5.91 Å². The topological polar surface area (TPSA) is 91.2 Å². The molecule has 1 atom stereocenters. The molecule has 0 saturated carbocycles. The lowest BCUT2D eigenvalue weighted by Crippen LogP contribution is -2.45. The molecule has 0 bridgehead atoms. The van der Waals surface area contributed by atoms with Crippen LogP contribution in [-0.4, -0.2) is 39.5 Å². The van der Waals surface area contributed by atoms with Crippen LogP contribution in [0.3, 0.4) is 0 Å². The standard InChI is InChI=1S/C18H18N4O3/c23-17(19-11-13-5-3-9-25-13)15-7-2-8-22(15)18(24)14-6-1-4-12-10-20-21-16(12)14/h1,3-6,9-10,15H,2,7-8,11H2,(H,19,23)(H,20,21)/t15-/m1/s1. The smallest absolute Gasteiger partial charge is 0.256 e. The summed E-state index contributed by atoms with van der Waals surface area (Å²) in [6.45, 7) is 0.892. The molecular formula is C18H18N4O3. The summed E-state index contributed by atoms with van der Waals surface area (Å²) in [5, 5.41) is 10.6. The minimum atomic E-state index is -0.458. The van der Waals surface area contributed by atoms with Gasteiger partial charge in [0.15, 0.2) is 0 Å². The Labute approximate surface area is 144 Å². The molecule has 1 aromatic carbocycles. The zero-order valence-electron chi connectivity index (χ0n) is 13.6. The van der Waals surface area contributed by atoms with Crippen LogP contribution in [0.25, 0.3) is 10.9 Å². The van der Waals surface area contributed by atoms with Gasteiger partial charge in [0.25, 0.3) is 5.91 Å². The van der Waals surface area contributed by atoms with Gasteiger partial charge in [-0.15, -0.1) is 0 Å². The van der Waals surface area contributed by atoms with Crippen molar-refractivity contribution in [3.63, 3.8) is 0 Å². The molecule has 7 heteroatoms. The number of para-hydroxylation sites is 1. The molecule has 0 spiro atoms. The second-order valence-corrected chi connectivity index (χ2v) is 6.09. The summed E-state index contributed by atoms with van der Waals surface area (Å²) in [7, 11) is 0. The number of H-pyrrole nitrogens is 1. The molecule has 2 amide bonds. The maximum Gasteiger partial charge on any atom is 0.256 e. The molecule has 2 N–H and O–H groups in total. The average Bonchev–Trinajstić information content (AvgIpc) is 3.39. The summed E-state index contributed by atoms with van der Waals surface area (Å²) < 4.78 is 5.22. The van der Waals surface area contributed by atoms with Crippen molar-refractivity contribution in [2.24, 2.45) is 0 Å². The Morgan fingerprint density at radius 1 is 1.32 bits per heavy atom. The molecule has 4 rings (SSSR count). The van der Waals surface area contributed by atoms with Gasteiger partial charge in [0, 0.05) is 11.9 Å². The molecule has 1 fully saturated rings. The van der Waals surface area contributed by atoms with E-state index >= 15 is 0 Å². The van der Waals surface area contributed by atoms with Gasteiger partial charge in [-0.05, 0) is 31.0 Å². The number of aromatic amines is 1. The summed E-state index contributed by atoms with van der Waals surface area (Å²) in [4.78, 5) is 27.2. The average molecular weight is 338 g/mol. The highest BCUT2D eigenvalue weighted by atomic mass is 16.3. The fourth-order valence-electron chi connectivity index (χ4n) is 3.29. The Balaban J connectivity index is 1.51. The molecule has 0 aliphatic carbocycles. The van der Waals surface area contributed by atoms with Crippen molar-refractivity contribution in [3.05, 3.63) is 54.1 Å². The van der Waals surface area contributed by atoms with Crippen molar-refractivity contribution in [1.82, 2.24) is 20.4 Å². The van der Waals surface area contributed by atoms with Crippen molar-refractivity contribution < 1.29 is 14.0 Å². The van der Waals surface area contributed by atoms with Gasteiger partial charge in [-0.1, -0.05) is 12.1 Å². The number of fused-ring (bicyclic) bond motifs is 1. The first-order valence-corrected chi connectivity index (χ1v) is 8.27. The molecule has 0 unspecified atom stereocenters. The molecule has 3 heterocycles. The van der Waals surface area contributed by atoms with Crippen LogP contribution in [0.4, 0.5) is 0 Å². The van der Waals surface area contributed by atoms with Crippen LogP contribution >= 0.6 is 0 Å². The van der Waals surface area contributed by atoms with E-state index in [-0.39, 0.29) is 11.8 Å². The number of aromatic nitrogens is 2. The second-order valence-electron chi connectivity index (χ2n) is 6.09. The summed E-state index contributed by atoms with van der Waals surface area (Å²) in [5.41, 5.74) is 1.25. The number of amides is 2. The van der Waals surface area contributed by atoms with E-state index in [1.807, 2.05) is 12.1 Å². The Morgan fingerprint density at radius 3 is 3.08 bits per heavy atom. The predicted octanol–water partition coefficient (Wildman–Crippen LogP) is 2.08. The fourth-order valence-corrected chi connectivity index (χ4v) is 3.29. The Kier molecular flexibility index (Phi) is 3.97. The highest BCUT2D eigenvalue weighted by Gasteiger charge is 2.35. The van der Waals surface area contributed by atoms with Gasteiger partial charge >= 0.3 is 0 Å². The second kappa shape index (κ2) is 6.43. The first kappa shape index (κ1) is 15.4. The number of nitrogens with one attached hydrogen (secondary N) is 2. The van der Waals surface area contributed by atoms with Crippen LogP contribution in [0.15, 0.2) is 47.2 Å². The minimum absolute atomic E-state index is 0.148. The minimum Gasteiger partial charge on any atom is -0.467 e. The van der Waals surface area contributed by atoms with Gasteiger partial charge in [-0.25, -0.2) is 0 Å². The van der Waals surface area contributed by atoms with Crippen LogP contribution in [0.5, 0.6) is 0 Å². The number of hydrogen-bond acceptors (Lipinski definition) is 4. The predicted molar refractivity (Wildman–Crippen MR) is 90.7 cm³/mol. The van der Waals surface area contributed by atoms with Crippen LogP contribution < -0.4 is 5.32 Å². The highest BCUT2D eigenvalue weighted by molar-refractivity contribution is 6.06. The van der Waals surface area contributed by atoms with Crippen molar-refractivity contribution in [1.29, 1.82) is 0 Å². The first-order chi connectivity index (χ1) is 12.2. The molecule has 1 aliphatic heterocycles. The molecule has 25 heavy (non-hydrogen) atoms. The highest BCUT2D eigenvalue weighted by Crippen LogP contribution is 2.24. The van der Waals surface area contributed by atoms with Gasteiger partial charge < -0.3 is 14.6 Å². The number of hydrogen-bond donors (Lipinski definition) is 2. The fraction of sp³-hybridized carbons (Fsp3) is 0.278. The zero-order chi connectivity index (χ0) is 17.2. The van der Waals surface area contributed by atoms with Crippen molar-refractivity contribution in [2.75, 3.05) is 6.54 Å².